The molecule has 1 amide bonds. The summed E-state index contributed by atoms with van der Waals surface area (Å²) in [5.41, 5.74) is 3.97. The number of nitrogens with one attached hydrogen (secondary N) is 2. The van der Waals surface area contributed by atoms with Gasteiger partial charge in [-0.05, 0) is 45.2 Å². The lowest BCUT2D eigenvalue weighted by molar-refractivity contribution is -0.116. The number of benzene rings is 1. The highest BCUT2D eigenvalue weighted by Gasteiger charge is 2.20. The zero-order valence-electron chi connectivity index (χ0n) is 16.4. The van der Waals surface area contributed by atoms with Gasteiger partial charge in [-0.2, -0.15) is 0 Å². The molecule has 5 nitrogen and oxygen atoms in total. The second kappa shape index (κ2) is 8.56. The average Bonchev–Trinajstić information content (AvgIpc) is 3.06. The van der Waals surface area contributed by atoms with E-state index in [1.165, 1.54) is 32.1 Å². The second-order valence-electron chi connectivity index (χ2n) is 7.31. The lowest BCUT2D eigenvalue weighted by atomic mass is 9.89. The molecule has 0 saturated heterocycles. The molecule has 1 aromatic carbocycles. The Morgan fingerprint density at radius 2 is 1.92 bits per heavy atom. The van der Waals surface area contributed by atoms with Gasteiger partial charge in [-0.1, -0.05) is 26.2 Å². The monoisotopic (exact) mass is 356 g/mol. The summed E-state index contributed by atoms with van der Waals surface area (Å²) in [6.45, 7) is 8.11. The Hall–Kier alpha value is -2.04. The molecule has 1 aromatic heterocycles. The van der Waals surface area contributed by atoms with E-state index in [1.807, 2.05) is 6.92 Å². The summed E-state index contributed by atoms with van der Waals surface area (Å²) >= 11 is 0. The van der Waals surface area contributed by atoms with E-state index in [2.05, 4.69) is 41.2 Å². The summed E-state index contributed by atoms with van der Waals surface area (Å²) in [6, 6.07) is 4.20. The summed E-state index contributed by atoms with van der Waals surface area (Å²) in [5, 5.41) is 3.11. The molecule has 26 heavy (non-hydrogen) atoms. The summed E-state index contributed by atoms with van der Waals surface area (Å²) in [5.74, 6) is 1.74. The number of aromatic nitrogens is 2. The van der Waals surface area contributed by atoms with Crippen molar-refractivity contribution >= 4 is 28.3 Å². The summed E-state index contributed by atoms with van der Waals surface area (Å²) < 4.78 is 0. The molecule has 0 bridgehead atoms. The van der Waals surface area contributed by atoms with Crippen LogP contribution in [0.4, 0.5) is 11.4 Å². The molecular formula is C21H32N4O. The smallest absolute Gasteiger partial charge is 0.224 e. The molecule has 0 atom stereocenters. The summed E-state index contributed by atoms with van der Waals surface area (Å²) in [6.07, 6.45) is 7.79. The maximum atomic E-state index is 12.2. The number of anilines is 2. The van der Waals surface area contributed by atoms with Crippen molar-refractivity contribution in [2.24, 2.45) is 0 Å². The van der Waals surface area contributed by atoms with Crippen molar-refractivity contribution in [3.05, 3.63) is 18.0 Å². The third-order valence-corrected chi connectivity index (χ3v) is 5.46. The van der Waals surface area contributed by atoms with Gasteiger partial charge in [0.25, 0.3) is 0 Å². The fraction of sp³-hybridized carbons (Fsp3) is 0.619. The molecule has 0 spiro atoms. The van der Waals surface area contributed by atoms with E-state index in [4.69, 9.17) is 4.98 Å². The number of aromatic amines is 1. The molecule has 1 aliphatic rings. The number of carbonyl (C=O) groups is 1. The minimum Gasteiger partial charge on any atom is -0.370 e. The lowest BCUT2D eigenvalue weighted by Crippen LogP contribution is -2.24. The maximum Gasteiger partial charge on any atom is 0.224 e. The Morgan fingerprint density at radius 1 is 1.19 bits per heavy atom. The van der Waals surface area contributed by atoms with E-state index in [-0.39, 0.29) is 5.91 Å². The number of hydrogen-bond donors (Lipinski definition) is 2. The van der Waals surface area contributed by atoms with Gasteiger partial charge in [0.15, 0.2) is 0 Å². The number of H-pyrrole nitrogens is 1. The topological polar surface area (TPSA) is 61.0 Å². The molecule has 5 heteroatoms. The molecular weight excluding hydrogens is 324 g/mol. The van der Waals surface area contributed by atoms with Gasteiger partial charge < -0.3 is 15.2 Å². The predicted molar refractivity (Wildman–Crippen MR) is 109 cm³/mol. The first-order valence-corrected chi connectivity index (χ1v) is 10.2. The number of amides is 1. The second-order valence-corrected chi connectivity index (χ2v) is 7.31. The van der Waals surface area contributed by atoms with Crippen molar-refractivity contribution in [2.45, 2.75) is 71.6 Å². The van der Waals surface area contributed by atoms with Crippen molar-refractivity contribution in [2.75, 3.05) is 23.3 Å². The van der Waals surface area contributed by atoms with Crippen molar-refractivity contribution in [1.82, 2.24) is 9.97 Å². The van der Waals surface area contributed by atoms with Crippen LogP contribution in [0.2, 0.25) is 0 Å². The van der Waals surface area contributed by atoms with Crippen molar-refractivity contribution in [3.63, 3.8) is 0 Å². The first-order valence-electron chi connectivity index (χ1n) is 10.2. The van der Waals surface area contributed by atoms with Gasteiger partial charge in [0, 0.05) is 25.4 Å². The molecule has 0 radical (unpaired) electrons. The van der Waals surface area contributed by atoms with E-state index >= 15 is 0 Å². The Balaban J connectivity index is 1.98. The minimum absolute atomic E-state index is 0.0762. The largest absolute Gasteiger partial charge is 0.370 e. The molecule has 1 fully saturated rings. The number of imidazole rings is 1. The number of hydrogen-bond acceptors (Lipinski definition) is 3. The number of rotatable bonds is 7. The van der Waals surface area contributed by atoms with E-state index in [0.29, 0.717) is 12.3 Å². The van der Waals surface area contributed by atoms with Gasteiger partial charge >= 0.3 is 0 Å². The molecule has 1 saturated carbocycles. The number of nitrogens with zero attached hydrogens (tertiary/aromatic N) is 2. The third-order valence-electron chi connectivity index (χ3n) is 5.46. The Kier molecular flexibility index (Phi) is 6.17. The molecule has 0 unspecified atom stereocenters. The van der Waals surface area contributed by atoms with Crippen LogP contribution in [0.3, 0.4) is 0 Å². The highest BCUT2D eigenvalue weighted by atomic mass is 16.1. The van der Waals surface area contributed by atoms with Crippen LogP contribution in [0.1, 0.15) is 77.5 Å². The predicted octanol–water partition coefficient (Wildman–Crippen LogP) is 5.20. The third kappa shape index (κ3) is 4.02. The van der Waals surface area contributed by atoms with Gasteiger partial charge in [0.1, 0.15) is 5.82 Å². The van der Waals surface area contributed by atoms with Gasteiger partial charge in [0.05, 0.1) is 22.4 Å². The SMILES string of the molecule is CCCC(=O)Nc1cc2[nH]c(C3CCCCC3)nc2cc1N(CC)CC. The van der Waals surface area contributed by atoms with E-state index in [0.717, 1.165) is 47.7 Å². The Morgan fingerprint density at radius 3 is 2.58 bits per heavy atom. The van der Waals surface area contributed by atoms with E-state index in [1.54, 1.807) is 0 Å². The quantitative estimate of drug-likeness (QED) is 0.717. The van der Waals surface area contributed by atoms with Crippen molar-refractivity contribution < 1.29 is 4.79 Å². The first kappa shape index (κ1) is 18.7. The van der Waals surface area contributed by atoms with Gasteiger partial charge in [0.2, 0.25) is 5.91 Å². The number of fused-ring (bicyclic) bond motifs is 1. The fourth-order valence-electron chi connectivity index (χ4n) is 4.00. The highest BCUT2D eigenvalue weighted by Crippen LogP contribution is 2.35. The van der Waals surface area contributed by atoms with Crippen LogP contribution >= 0.6 is 0 Å². The molecule has 1 heterocycles. The molecule has 2 aromatic rings. The van der Waals surface area contributed by atoms with Gasteiger partial charge in [-0.25, -0.2) is 4.98 Å². The summed E-state index contributed by atoms with van der Waals surface area (Å²) in [4.78, 5) is 22.9. The standard InChI is InChI=1S/C21H32N4O/c1-4-10-20(26)22-18-13-16-17(14-19(18)25(5-2)6-3)24-21(23-16)15-11-8-7-9-12-15/h13-15H,4-12H2,1-3H3,(H,22,26)(H,23,24). The molecule has 1 aliphatic carbocycles. The normalized spacial score (nSPS) is 15.3. The first-order chi connectivity index (χ1) is 12.7. The van der Waals surface area contributed by atoms with Crippen LogP contribution < -0.4 is 10.2 Å². The van der Waals surface area contributed by atoms with Crippen LogP contribution in [-0.2, 0) is 4.79 Å². The highest BCUT2D eigenvalue weighted by molar-refractivity contribution is 5.98. The van der Waals surface area contributed by atoms with Crippen LogP contribution in [0.25, 0.3) is 11.0 Å². The lowest BCUT2D eigenvalue weighted by Gasteiger charge is -2.24. The Labute approximate surface area is 156 Å². The van der Waals surface area contributed by atoms with Gasteiger partial charge in [-0.15, -0.1) is 0 Å². The number of carbonyl (C=O) groups excluding carboxylic acids is 1. The summed E-state index contributed by atoms with van der Waals surface area (Å²) in [7, 11) is 0. The van der Waals surface area contributed by atoms with Crippen LogP contribution in [0.5, 0.6) is 0 Å². The maximum absolute atomic E-state index is 12.2. The molecule has 2 N–H and O–H groups in total. The van der Waals surface area contributed by atoms with Crippen LogP contribution in [-0.4, -0.2) is 29.0 Å². The van der Waals surface area contributed by atoms with Crippen LogP contribution in [0.15, 0.2) is 12.1 Å². The minimum atomic E-state index is 0.0762. The average molecular weight is 357 g/mol. The zero-order chi connectivity index (χ0) is 18.5. The van der Waals surface area contributed by atoms with E-state index < -0.39 is 0 Å². The van der Waals surface area contributed by atoms with Crippen molar-refractivity contribution in [1.29, 1.82) is 0 Å². The molecule has 3 rings (SSSR count). The zero-order valence-corrected chi connectivity index (χ0v) is 16.4. The molecule has 142 valence electrons. The van der Waals surface area contributed by atoms with Gasteiger partial charge in [-0.3, -0.25) is 4.79 Å². The fourth-order valence-corrected chi connectivity index (χ4v) is 4.00. The Bertz CT molecular complexity index is 742. The van der Waals surface area contributed by atoms with E-state index in [9.17, 15) is 4.79 Å². The van der Waals surface area contributed by atoms with Crippen LogP contribution in [0, 0.1) is 0 Å². The van der Waals surface area contributed by atoms with Crippen molar-refractivity contribution in [3.8, 4) is 0 Å². The molecule has 0 aliphatic heterocycles.